The summed E-state index contributed by atoms with van der Waals surface area (Å²) in [4.78, 5) is 21.0. The van der Waals surface area contributed by atoms with E-state index in [-0.39, 0.29) is 6.42 Å². The molecule has 0 radical (unpaired) electrons. The fraction of sp³-hybridized carbons (Fsp3) is 0.125. The molecule has 0 unspecified atom stereocenters. The van der Waals surface area contributed by atoms with E-state index in [2.05, 4.69) is 0 Å². The summed E-state index contributed by atoms with van der Waals surface area (Å²) in [6.45, 7) is 0. The molecule has 0 saturated heterocycles. The second-order valence-corrected chi connectivity index (χ2v) is 3.63. The van der Waals surface area contributed by atoms with Crippen LogP contribution < -0.4 is 0 Å². The van der Waals surface area contributed by atoms with Crippen LogP contribution in [0.4, 0.5) is 0 Å². The van der Waals surface area contributed by atoms with Crippen LogP contribution in [0.2, 0.25) is 0 Å². The minimum atomic E-state index is -2.73. The van der Waals surface area contributed by atoms with Crippen molar-refractivity contribution < 1.29 is 28.2 Å². The smallest absolute Gasteiger partial charge is 0.337 e. The standard InChI is InChI=1S/C8H6O6S/c9-7(10)4-2-1-3-5(15(13)14)6(4)8(11)12/h1-2H,3H2,(H,9,10)(H,11,12). The Labute approximate surface area is 85.7 Å². The molecule has 0 aromatic rings. The molecule has 6 nitrogen and oxygen atoms in total. The summed E-state index contributed by atoms with van der Waals surface area (Å²) in [5.41, 5.74) is -1.19. The fourth-order valence-corrected chi connectivity index (χ4v) is 1.78. The van der Waals surface area contributed by atoms with E-state index in [1.165, 1.54) is 6.08 Å². The van der Waals surface area contributed by atoms with Crippen molar-refractivity contribution in [2.24, 2.45) is 0 Å². The van der Waals surface area contributed by atoms with Gasteiger partial charge in [-0.1, -0.05) is 12.2 Å². The fourth-order valence-electron chi connectivity index (χ4n) is 1.18. The predicted octanol–water partition coefficient (Wildman–Crippen LogP) is -0.536. The number of aliphatic carboxylic acids is 2. The molecule has 0 aromatic carbocycles. The molecular weight excluding hydrogens is 224 g/mol. The Balaban J connectivity index is 3.58. The maximum Gasteiger partial charge on any atom is 0.337 e. The van der Waals surface area contributed by atoms with Gasteiger partial charge in [-0.15, -0.1) is 0 Å². The molecule has 0 fully saturated rings. The van der Waals surface area contributed by atoms with Gasteiger partial charge in [-0.05, 0) is 0 Å². The summed E-state index contributed by atoms with van der Waals surface area (Å²) in [6.07, 6.45) is 2.28. The first-order chi connectivity index (χ1) is 6.95. The van der Waals surface area contributed by atoms with E-state index in [0.717, 1.165) is 6.08 Å². The average molecular weight is 230 g/mol. The molecule has 7 heteroatoms. The highest BCUT2D eigenvalue weighted by molar-refractivity contribution is 7.73. The van der Waals surface area contributed by atoms with Crippen molar-refractivity contribution in [3.05, 3.63) is 23.3 Å². The number of allylic oxidation sites excluding steroid dienone is 1. The first-order valence-electron chi connectivity index (χ1n) is 3.78. The third kappa shape index (κ3) is 2.13. The molecule has 15 heavy (non-hydrogen) atoms. The van der Waals surface area contributed by atoms with E-state index >= 15 is 0 Å². The summed E-state index contributed by atoms with van der Waals surface area (Å²) < 4.78 is 21.4. The number of carboxylic acids is 2. The van der Waals surface area contributed by atoms with Crippen LogP contribution in [0.15, 0.2) is 23.3 Å². The molecule has 1 aliphatic carbocycles. The van der Waals surface area contributed by atoms with Gasteiger partial charge in [-0.3, -0.25) is 0 Å². The lowest BCUT2D eigenvalue weighted by atomic mass is 9.97. The van der Waals surface area contributed by atoms with Crippen LogP contribution in [0.3, 0.4) is 0 Å². The molecule has 0 amide bonds. The van der Waals surface area contributed by atoms with Crippen molar-refractivity contribution in [1.82, 2.24) is 0 Å². The Morgan fingerprint density at radius 1 is 1.20 bits per heavy atom. The third-order valence-corrected chi connectivity index (χ3v) is 2.55. The zero-order valence-corrected chi connectivity index (χ0v) is 8.11. The maximum atomic E-state index is 10.7. The molecule has 1 aliphatic rings. The lowest BCUT2D eigenvalue weighted by molar-refractivity contribution is -0.135. The van der Waals surface area contributed by atoms with E-state index in [4.69, 9.17) is 10.2 Å². The van der Waals surface area contributed by atoms with Crippen LogP contribution in [-0.4, -0.2) is 35.4 Å². The highest BCUT2D eigenvalue weighted by Crippen LogP contribution is 2.17. The van der Waals surface area contributed by atoms with Gasteiger partial charge in [0.05, 0.1) is 16.0 Å². The Morgan fingerprint density at radius 3 is 2.20 bits per heavy atom. The average Bonchev–Trinajstić information content (AvgIpc) is 2.16. The van der Waals surface area contributed by atoms with Crippen molar-refractivity contribution in [3.63, 3.8) is 0 Å². The normalized spacial score (nSPS) is 15.3. The minimum Gasteiger partial charge on any atom is -0.478 e. The van der Waals surface area contributed by atoms with Gasteiger partial charge in [0, 0.05) is 6.42 Å². The van der Waals surface area contributed by atoms with Crippen LogP contribution in [0.5, 0.6) is 0 Å². The van der Waals surface area contributed by atoms with Crippen molar-refractivity contribution in [2.75, 3.05) is 0 Å². The second kappa shape index (κ2) is 4.09. The van der Waals surface area contributed by atoms with Crippen molar-refractivity contribution in [2.45, 2.75) is 6.42 Å². The van der Waals surface area contributed by atoms with Crippen molar-refractivity contribution in [3.8, 4) is 0 Å². The van der Waals surface area contributed by atoms with Crippen LogP contribution in [0.25, 0.3) is 0 Å². The zero-order valence-electron chi connectivity index (χ0n) is 7.30. The highest BCUT2D eigenvalue weighted by atomic mass is 32.2. The van der Waals surface area contributed by atoms with Gasteiger partial charge < -0.3 is 10.2 Å². The lowest BCUT2D eigenvalue weighted by Gasteiger charge is -2.09. The first kappa shape index (κ1) is 11.2. The molecule has 80 valence electrons. The van der Waals surface area contributed by atoms with E-state index in [9.17, 15) is 18.0 Å². The number of carboxylic acid groups (broad SMARTS) is 2. The van der Waals surface area contributed by atoms with Crippen LogP contribution in [0, 0.1) is 0 Å². The molecule has 0 saturated carbocycles. The highest BCUT2D eigenvalue weighted by Gasteiger charge is 2.26. The first-order valence-corrected chi connectivity index (χ1v) is 4.85. The number of hydrogen-bond acceptors (Lipinski definition) is 4. The molecule has 2 N–H and O–H groups in total. The lowest BCUT2D eigenvalue weighted by Crippen LogP contribution is -2.20. The molecule has 1 rings (SSSR count). The van der Waals surface area contributed by atoms with Gasteiger partial charge in [-0.2, -0.15) is 8.42 Å². The van der Waals surface area contributed by atoms with Gasteiger partial charge in [0.2, 0.25) is 10.3 Å². The second-order valence-electron chi connectivity index (χ2n) is 2.66. The summed E-state index contributed by atoms with van der Waals surface area (Å²) in [7, 11) is -2.73. The summed E-state index contributed by atoms with van der Waals surface area (Å²) in [6, 6.07) is 0. The van der Waals surface area contributed by atoms with E-state index < -0.39 is 38.2 Å². The third-order valence-electron chi connectivity index (χ3n) is 1.78. The number of carbonyl (C=O) groups is 2. The van der Waals surface area contributed by atoms with Crippen LogP contribution in [0.1, 0.15) is 6.42 Å². The van der Waals surface area contributed by atoms with Gasteiger partial charge in [-0.25, -0.2) is 9.59 Å². The van der Waals surface area contributed by atoms with Crippen LogP contribution >= 0.6 is 0 Å². The Kier molecular flexibility index (Phi) is 3.05. The molecule has 0 heterocycles. The molecule has 0 spiro atoms. The monoisotopic (exact) mass is 230 g/mol. The van der Waals surface area contributed by atoms with Crippen LogP contribution in [-0.2, 0) is 19.9 Å². The zero-order chi connectivity index (χ0) is 11.6. The van der Waals surface area contributed by atoms with Crippen molar-refractivity contribution in [1.29, 1.82) is 0 Å². The summed E-state index contributed by atoms with van der Waals surface area (Å²) in [5, 5.41) is 17.4. The topological polar surface area (TPSA) is 109 Å². The van der Waals surface area contributed by atoms with Gasteiger partial charge in [0.25, 0.3) is 0 Å². The number of rotatable bonds is 2. The van der Waals surface area contributed by atoms with Gasteiger partial charge in [0.1, 0.15) is 0 Å². The molecule has 0 aromatic heterocycles. The van der Waals surface area contributed by atoms with Crippen molar-refractivity contribution >= 4 is 27.1 Å². The quantitative estimate of drug-likeness (QED) is 0.617. The van der Waals surface area contributed by atoms with Gasteiger partial charge >= 0.3 is 11.9 Å². The van der Waals surface area contributed by atoms with E-state index in [1.807, 2.05) is 0 Å². The Morgan fingerprint density at radius 2 is 1.80 bits per heavy atom. The number of hydrogen-bond donors (Lipinski definition) is 2. The molecule has 0 aliphatic heterocycles. The SMILES string of the molecule is O=C(O)C1=C(C(=O)O)C(=S(=O)=O)CC=C1. The summed E-state index contributed by atoms with van der Waals surface area (Å²) in [5.74, 6) is -3.03. The summed E-state index contributed by atoms with van der Waals surface area (Å²) >= 11 is 0. The maximum absolute atomic E-state index is 10.7. The Bertz CT molecular complexity index is 511. The minimum absolute atomic E-state index is 0.103. The molecule has 0 atom stereocenters. The predicted molar refractivity (Wildman–Crippen MR) is 50.0 cm³/mol. The molecule has 0 bridgehead atoms. The van der Waals surface area contributed by atoms with E-state index in [0.29, 0.717) is 0 Å². The van der Waals surface area contributed by atoms with Gasteiger partial charge in [0.15, 0.2) is 0 Å². The largest absolute Gasteiger partial charge is 0.478 e. The van der Waals surface area contributed by atoms with E-state index in [1.54, 1.807) is 0 Å². The molecular formula is C8H6O6S. The Hall–Kier alpha value is -1.89.